The summed E-state index contributed by atoms with van der Waals surface area (Å²) in [5.74, 6) is 2.21. The van der Waals surface area contributed by atoms with Gasteiger partial charge in [0.1, 0.15) is 5.01 Å². The van der Waals surface area contributed by atoms with Crippen molar-refractivity contribution in [2.24, 2.45) is 0 Å². The number of pyridine rings is 1. The summed E-state index contributed by atoms with van der Waals surface area (Å²) in [6, 6.07) is 3.15. The number of aromatic nitrogens is 4. The van der Waals surface area contributed by atoms with Crippen LogP contribution in [0.1, 0.15) is 21.8 Å². The first-order valence-corrected chi connectivity index (χ1v) is 11.2. The highest BCUT2D eigenvalue weighted by atomic mass is 32.2. The number of thioether (sulfide) groups is 1. The third-order valence-electron chi connectivity index (χ3n) is 3.96. The molecular formula is C19H24N6O2S2. The van der Waals surface area contributed by atoms with Crippen LogP contribution in [-0.4, -0.2) is 51.2 Å². The molecule has 0 fully saturated rings. The smallest absolute Gasteiger partial charge is 0.255 e. The molecule has 8 nitrogen and oxygen atoms in total. The van der Waals surface area contributed by atoms with Gasteiger partial charge in [-0.3, -0.25) is 14.6 Å². The predicted molar refractivity (Wildman–Crippen MR) is 119 cm³/mol. The van der Waals surface area contributed by atoms with Crippen LogP contribution in [0.25, 0.3) is 0 Å². The van der Waals surface area contributed by atoms with Crippen molar-refractivity contribution in [3.63, 3.8) is 0 Å². The Morgan fingerprint density at radius 1 is 1.28 bits per heavy atom. The normalized spacial score (nSPS) is 11.1. The van der Waals surface area contributed by atoms with Crippen LogP contribution in [0.3, 0.4) is 0 Å². The summed E-state index contributed by atoms with van der Waals surface area (Å²) in [4.78, 5) is 39.7. The molecule has 0 unspecified atom stereocenters. The summed E-state index contributed by atoms with van der Waals surface area (Å²) in [6.07, 6.45) is 3.59. The highest BCUT2D eigenvalue weighted by molar-refractivity contribution is 7.98. The minimum absolute atomic E-state index is 0.165. The number of hydrogen-bond acceptors (Lipinski definition) is 8. The molecule has 0 spiro atoms. The van der Waals surface area contributed by atoms with Gasteiger partial charge in [-0.1, -0.05) is 6.07 Å². The number of nitrogens with one attached hydrogen (secondary N) is 3. The van der Waals surface area contributed by atoms with Gasteiger partial charge in [0.15, 0.2) is 0 Å². The van der Waals surface area contributed by atoms with Crippen LogP contribution in [0, 0.1) is 0 Å². The number of hydrogen-bond donors (Lipinski definition) is 3. The molecule has 0 aliphatic heterocycles. The Morgan fingerprint density at radius 2 is 2.14 bits per heavy atom. The van der Waals surface area contributed by atoms with Crippen molar-refractivity contribution < 1.29 is 0 Å². The fraction of sp³-hybridized carbons (Fsp3) is 0.368. The molecule has 3 rings (SSSR count). The van der Waals surface area contributed by atoms with Crippen molar-refractivity contribution in [1.82, 2.24) is 24.8 Å². The zero-order chi connectivity index (χ0) is 20.6. The first kappa shape index (κ1) is 21.3. The molecule has 3 aromatic rings. The summed E-state index contributed by atoms with van der Waals surface area (Å²) in [6.45, 7) is 1.57. The summed E-state index contributed by atoms with van der Waals surface area (Å²) in [5, 5.41) is 6.38. The van der Waals surface area contributed by atoms with Gasteiger partial charge in [-0.25, -0.2) is 9.97 Å². The van der Waals surface area contributed by atoms with Gasteiger partial charge in [-0.2, -0.15) is 11.8 Å². The van der Waals surface area contributed by atoms with Gasteiger partial charge in [-0.05, 0) is 19.7 Å². The van der Waals surface area contributed by atoms with E-state index in [9.17, 15) is 9.59 Å². The van der Waals surface area contributed by atoms with E-state index in [2.05, 4.69) is 35.5 Å². The van der Waals surface area contributed by atoms with E-state index in [0.717, 1.165) is 34.3 Å². The fourth-order valence-electron chi connectivity index (χ4n) is 2.59. The first-order chi connectivity index (χ1) is 14.0. The molecule has 10 heteroatoms. The Balaban J connectivity index is 1.42. The number of thiazole rings is 1. The summed E-state index contributed by atoms with van der Waals surface area (Å²) in [7, 11) is 4.08. The molecule has 0 aliphatic rings. The molecule has 0 atom stereocenters. The topological polar surface area (TPSA) is 107 Å². The predicted octanol–water partition coefficient (Wildman–Crippen LogP) is 1.91. The monoisotopic (exact) mass is 432 g/mol. The molecule has 0 radical (unpaired) electrons. The Kier molecular flexibility index (Phi) is 7.62. The standard InChI is InChI=1S/C19H24N6O2S2/c1-25(2)10-17-23-15(12-29-17)11-28-6-5-20-19-22-9-14(18(27)24-19)7-13-3-4-16(26)21-8-13/h3-4,8-9,12H,5-7,10-11H2,1-2H3,(H,21,26)(H2,20,22,24,27). The largest absolute Gasteiger partial charge is 0.355 e. The number of aromatic amines is 2. The van der Waals surface area contributed by atoms with E-state index >= 15 is 0 Å². The minimum Gasteiger partial charge on any atom is -0.355 e. The van der Waals surface area contributed by atoms with Gasteiger partial charge in [-0.15, -0.1) is 11.3 Å². The lowest BCUT2D eigenvalue weighted by Gasteiger charge is -2.06. The zero-order valence-corrected chi connectivity index (χ0v) is 18.0. The molecule has 0 saturated heterocycles. The van der Waals surface area contributed by atoms with E-state index in [1.54, 1.807) is 41.6 Å². The Morgan fingerprint density at radius 3 is 2.86 bits per heavy atom. The second-order valence-corrected chi connectivity index (χ2v) is 8.82. The third kappa shape index (κ3) is 6.84. The summed E-state index contributed by atoms with van der Waals surface area (Å²) < 4.78 is 0. The molecule has 0 aromatic carbocycles. The number of nitrogens with zero attached hydrogens (tertiary/aromatic N) is 3. The second kappa shape index (κ2) is 10.4. The lowest BCUT2D eigenvalue weighted by Crippen LogP contribution is -2.18. The van der Waals surface area contributed by atoms with Crippen LogP contribution in [0.4, 0.5) is 5.95 Å². The first-order valence-electron chi connectivity index (χ1n) is 9.15. The van der Waals surface area contributed by atoms with Crippen LogP contribution in [0.2, 0.25) is 0 Å². The van der Waals surface area contributed by atoms with Gasteiger partial charge in [0.25, 0.3) is 5.56 Å². The molecular weight excluding hydrogens is 408 g/mol. The maximum absolute atomic E-state index is 12.2. The SMILES string of the molecule is CN(C)Cc1nc(CSCCNc2ncc(Cc3ccc(=O)[nH]c3)c(=O)[nH]2)cs1. The van der Waals surface area contributed by atoms with E-state index in [4.69, 9.17) is 0 Å². The lowest BCUT2D eigenvalue weighted by atomic mass is 10.1. The van der Waals surface area contributed by atoms with Gasteiger partial charge in [0.05, 0.1) is 5.69 Å². The average molecular weight is 433 g/mol. The van der Waals surface area contributed by atoms with Crippen molar-refractivity contribution in [3.8, 4) is 0 Å². The maximum Gasteiger partial charge on any atom is 0.255 e. The van der Waals surface area contributed by atoms with Gasteiger partial charge < -0.3 is 15.2 Å². The quantitative estimate of drug-likeness (QED) is 0.420. The molecule has 0 aliphatic carbocycles. The highest BCUT2D eigenvalue weighted by Crippen LogP contribution is 2.16. The third-order valence-corrected chi connectivity index (χ3v) is 5.83. The van der Waals surface area contributed by atoms with Crippen LogP contribution in [-0.2, 0) is 18.7 Å². The van der Waals surface area contributed by atoms with Crippen molar-refractivity contribution in [3.05, 3.63) is 72.4 Å². The van der Waals surface area contributed by atoms with Gasteiger partial charge >= 0.3 is 0 Å². The number of H-pyrrole nitrogens is 2. The minimum atomic E-state index is -0.183. The molecule has 3 aromatic heterocycles. The van der Waals surface area contributed by atoms with E-state index in [1.807, 2.05) is 14.1 Å². The molecule has 29 heavy (non-hydrogen) atoms. The van der Waals surface area contributed by atoms with E-state index in [-0.39, 0.29) is 11.1 Å². The maximum atomic E-state index is 12.2. The fourth-order valence-corrected chi connectivity index (χ4v) is 4.35. The number of rotatable bonds is 10. The second-order valence-electron chi connectivity index (χ2n) is 6.77. The van der Waals surface area contributed by atoms with Gasteiger partial charge in [0, 0.05) is 60.4 Å². The van der Waals surface area contributed by atoms with E-state index in [0.29, 0.717) is 24.5 Å². The molecule has 3 heterocycles. The molecule has 0 amide bonds. The van der Waals surface area contributed by atoms with Crippen LogP contribution in [0.5, 0.6) is 0 Å². The molecule has 154 valence electrons. The van der Waals surface area contributed by atoms with Crippen molar-refractivity contribution >= 4 is 29.0 Å². The summed E-state index contributed by atoms with van der Waals surface area (Å²) in [5.41, 5.74) is 2.16. The molecule has 0 bridgehead atoms. The van der Waals surface area contributed by atoms with Crippen LogP contribution >= 0.6 is 23.1 Å². The van der Waals surface area contributed by atoms with E-state index in [1.165, 1.54) is 6.07 Å². The zero-order valence-electron chi connectivity index (χ0n) is 16.4. The average Bonchev–Trinajstić information content (AvgIpc) is 3.12. The van der Waals surface area contributed by atoms with Crippen molar-refractivity contribution in [2.45, 2.75) is 18.7 Å². The Hall–Kier alpha value is -2.43. The van der Waals surface area contributed by atoms with E-state index < -0.39 is 0 Å². The Bertz CT molecular complexity index is 1020. The summed E-state index contributed by atoms with van der Waals surface area (Å²) >= 11 is 3.48. The van der Waals surface area contributed by atoms with Crippen molar-refractivity contribution in [1.29, 1.82) is 0 Å². The number of anilines is 1. The van der Waals surface area contributed by atoms with Gasteiger partial charge in [0.2, 0.25) is 11.5 Å². The Labute approximate surface area is 176 Å². The van der Waals surface area contributed by atoms with Crippen LogP contribution in [0.15, 0.2) is 39.5 Å². The molecule has 0 saturated carbocycles. The molecule has 3 N–H and O–H groups in total. The highest BCUT2D eigenvalue weighted by Gasteiger charge is 2.05. The van der Waals surface area contributed by atoms with Crippen LogP contribution < -0.4 is 16.4 Å². The van der Waals surface area contributed by atoms with Crippen molar-refractivity contribution in [2.75, 3.05) is 31.7 Å². The lowest BCUT2D eigenvalue weighted by molar-refractivity contribution is 0.401.